The lowest BCUT2D eigenvalue weighted by atomic mass is 10.0. The molecule has 0 spiro atoms. The molecule has 57 heavy (non-hydrogen) atoms. The molecule has 0 fully saturated rings. The molecule has 0 saturated carbocycles. The maximum atomic E-state index is 13.8. The Morgan fingerprint density at radius 1 is 0.649 bits per heavy atom. The molecule has 0 bridgehead atoms. The topological polar surface area (TPSA) is 185 Å². The van der Waals surface area contributed by atoms with Crippen molar-refractivity contribution in [3.05, 3.63) is 143 Å². The van der Waals surface area contributed by atoms with Crippen LogP contribution in [-0.4, -0.2) is 41.3 Å². The van der Waals surface area contributed by atoms with E-state index in [1.54, 1.807) is 95.5 Å². The Kier molecular flexibility index (Phi) is 9.76. The van der Waals surface area contributed by atoms with Crippen LogP contribution in [0, 0.1) is 0 Å². The van der Waals surface area contributed by atoms with Gasteiger partial charge in [-0.25, -0.2) is 9.97 Å². The van der Waals surface area contributed by atoms with E-state index in [9.17, 15) is 9.59 Å². The molecule has 0 radical (unpaired) electrons. The molecule has 8 aromatic rings. The Labute approximate surface area is 335 Å². The second kappa shape index (κ2) is 15.1. The van der Waals surface area contributed by atoms with E-state index in [1.165, 1.54) is 0 Å². The van der Waals surface area contributed by atoms with Gasteiger partial charge in [0.1, 0.15) is 29.0 Å². The standard InChI is InChI=1S/C42H32Cl2N10O3/c1-53-33(27-16-18-37(48-39(27)46)49-41(55)26-11-6-7-14-30(26)43)21-32(52-53)35-19-24(22-57-35)25-12-8-13-29(38(25)44)42(56)50-40-28(15-17-36(45)47-40)34-20-31(51-54(34)2)23-9-4-3-5-10-23/h3-22H,1-2H3,(H3,45,47,50,56)(H3,46,48,49,55). The van der Waals surface area contributed by atoms with Crippen LogP contribution in [0.5, 0.6) is 0 Å². The molecule has 0 unspecified atom stereocenters. The lowest BCUT2D eigenvalue weighted by molar-refractivity contribution is 0.101. The minimum absolute atomic E-state index is 0.182. The van der Waals surface area contributed by atoms with Crippen molar-refractivity contribution in [1.82, 2.24) is 29.5 Å². The minimum Gasteiger partial charge on any atom is -0.462 e. The van der Waals surface area contributed by atoms with Crippen LogP contribution in [0.4, 0.5) is 23.3 Å². The Bertz CT molecular complexity index is 2830. The number of halogens is 2. The fourth-order valence-electron chi connectivity index (χ4n) is 6.39. The number of nitrogens with two attached hydrogens (primary N) is 2. The lowest BCUT2D eigenvalue weighted by Gasteiger charge is -2.13. The smallest absolute Gasteiger partial charge is 0.258 e. The van der Waals surface area contributed by atoms with E-state index in [0.29, 0.717) is 50.0 Å². The first kappa shape index (κ1) is 36.7. The van der Waals surface area contributed by atoms with E-state index in [4.69, 9.17) is 39.1 Å². The number of hydrogen-bond acceptors (Lipinski definition) is 9. The molecule has 5 heterocycles. The third-order valence-electron chi connectivity index (χ3n) is 9.22. The number of carbonyl (C=O) groups is 2. The van der Waals surface area contributed by atoms with E-state index >= 15 is 0 Å². The van der Waals surface area contributed by atoms with Crippen molar-refractivity contribution in [2.24, 2.45) is 14.1 Å². The SMILES string of the molecule is Cn1nc(-c2cc(-c3cccc(C(=O)Nc4nc(N)ccc4-c4cc(-c5ccccc5)nn4C)c3Cl)co2)cc1-c1ccc(NC(=O)c2ccccc2Cl)nc1N. The number of aryl methyl sites for hydroxylation is 2. The van der Waals surface area contributed by atoms with Crippen molar-refractivity contribution >= 4 is 58.3 Å². The summed E-state index contributed by atoms with van der Waals surface area (Å²) in [5.41, 5.74) is 19.0. The molecule has 282 valence electrons. The summed E-state index contributed by atoms with van der Waals surface area (Å²) in [6.45, 7) is 0. The van der Waals surface area contributed by atoms with E-state index < -0.39 is 11.8 Å². The zero-order valence-electron chi connectivity index (χ0n) is 30.4. The van der Waals surface area contributed by atoms with Crippen LogP contribution in [0.2, 0.25) is 10.0 Å². The van der Waals surface area contributed by atoms with E-state index in [2.05, 4.69) is 30.8 Å². The number of benzene rings is 3. The number of carbonyl (C=O) groups excluding carboxylic acids is 2. The number of rotatable bonds is 9. The lowest BCUT2D eigenvalue weighted by Crippen LogP contribution is -2.15. The number of pyridine rings is 2. The molecule has 8 rings (SSSR count). The summed E-state index contributed by atoms with van der Waals surface area (Å²) in [5, 5.41) is 15.5. The normalized spacial score (nSPS) is 11.1. The van der Waals surface area contributed by atoms with Gasteiger partial charge in [-0.3, -0.25) is 19.0 Å². The third-order valence-corrected chi connectivity index (χ3v) is 9.96. The first-order valence-electron chi connectivity index (χ1n) is 17.5. The van der Waals surface area contributed by atoms with Crippen molar-refractivity contribution in [2.45, 2.75) is 0 Å². The van der Waals surface area contributed by atoms with Gasteiger partial charge >= 0.3 is 0 Å². The summed E-state index contributed by atoms with van der Waals surface area (Å²) in [7, 11) is 3.59. The molecule has 3 aromatic carbocycles. The summed E-state index contributed by atoms with van der Waals surface area (Å²) in [6, 6.07) is 34.0. The fraction of sp³-hybridized carbons (Fsp3) is 0.0476. The summed E-state index contributed by atoms with van der Waals surface area (Å²) in [6.07, 6.45) is 1.54. The van der Waals surface area contributed by atoms with Crippen molar-refractivity contribution in [2.75, 3.05) is 22.1 Å². The third kappa shape index (κ3) is 7.32. The Morgan fingerprint density at radius 3 is 2.09 bits per heavy atom. The molecule has 0 aliphatic rings. The predicted octanol–water partition coefficient (Wildman–Crippen LogP) is 8.85. The van der Waals surface area contributed by atoms with Gasteiger partial charge in [-0.2, -0.15) is 10.2 Å². The highest BCUT2D eigenvalue weighted by Crippen LogP contribution is 2.37. The van der Waals surface area contributed by atoms with Crippen molar-refractivity contribution in [3.63, 3.8) is 0 Å². The summed E-state index contributed by atoms with van der Waals surface area (Å²) >= 11 is 13.1. The van der Waals surface area contributed by atoms with Crippen molar-refractivity contribution in [3.8, 4) is 56.4 Å². The number of furan rings is 1. The number of nitrogens with one attached hydrogen (secondary N) is 2. The van der Waals surface area contributed by atoms with Gasteiger partial charge in [0.2, 0.25) is 0 Å². The van der Waals surface area contributed by atoms with Crippen LogP contribution in [0.1, 0.15) is 20.7 Å². The molecule has 15 heteroatoms. The zero-order valence-corrected chi connectivity index (χ0v) is 31.9. The summed E-state index contributed by atoms with van der Waals surface area (Å²) < 4.78 is 9.34. The molecule has 0 atom stereocenters. The van der Waals surface area contributed by atoms with Gasteiger partial charge in [0.25, 0.3) is 11.8 Å². The molecule has 0 aliphatic carbocycles. The van der Waals surface area contributed by atoms with Crippen LogP contribution in [0.3, 0.4) is 0 Å². The molecule has 6 N–H and O–H groups in total. The van der Waals surface area contributed by atoms with Gasteiger partial charge in [0.15, 0.2) is 5.76 Å². The first-order valence-corrected chi connectivity index (χ1v) is 18.2. The van der Waals surface area contributed by atoms with Gasteiger partial charge < -0.3 is 26.5 Å². The second-order valence-electron chi connectivity index (χ2n) is 13.0. The highest BCUT2D eigenvalue weighted by Gasteiger charge is 2.22. The van der Waals surface area contributed by atoms with Crippen LogP contribution in [0.25, 0.3) is 56.4 Å². The van der Waals surface area contributed by atoms with Crippen LogP contribution < -0.4 is 22.1 Å². The Hall–Kier alpha value is -7.22. The van der Waals surface area contributed by atoms with E-state index in [1.807, 2.05) is 49.5 Å². The molecular weight excluding hydrogens is 763 g/mol. The van der Waals surface area contributed by atoms with Crippen molar-refractivity contribution in [1.29, 1.82) is 0 Å². The second-order valence-corrected chi connectivity index (χ2v) is 13.7. The highest BCUT2D eigenvalue weighted by molar-refractivity contribution is 6.37. The van der Waals surface area contributed by atoms with Gasteiger partial charge in [-0.1, -0.05) is 77.8 Å². The highest BCUT2D eigenvalue weighted by atomic mass is 35.5. The quantitative estimate of drug-likeness (QED) is 0.111. The number of aromatic nitrogens is 6. The Morgan fingerprint density at radius 2 is 1.32 bits per heavy atom. The number of nitrogens with zero attached hydrogens (tertiary/aromatic N) is 6. The van der Waals surface area contributed by atoms with Gasteiger partial charge in [0.05, 0.1) is 44.5 Å². The first-order chi connectivity index (χ1) is 27.5. The van der Waals surface area contributed by atoms with Crippen LogP contribution >= 0.6 is 23.2 Å². The summed E-state index contributed by atoms with van der Waals surface area (Å²) in [5.74, 6) is 0.501. The van der Waals surface area contributed by atoms with Gasteiger partial charge in [-0.05, 0) is 60.7 Å². The molecular formula is C42H32Cl2N10O3. The molecule has 5 aromatic heterocycles. The minimum atomic E-state index is -0.481. The molecule has 2 amide bonds. The largest absolute Gasteiger partial charge is 0.462 e. The number of hydrogen-bond donors (Lipinski definition) is 4. The average molecular weight is 796 g/mol. The van der Waals surface area contributed by atoms with E-state index in [0.717, 1.165) is 17.0 Å². The summed E-state index contributed by atoms with van der Waals surface area (Å²) in [4.78, 5) is 35.4. The number of nitrogen functional groups attached to an aromatic ring is 2. The zero-order chi connectivity index (χ0) is 39.8. The monoisotopic (exact) mass is 794 g/mol. The molecule has 0 saturated heterocycles. The number of anilines is 4. The predicted molar refractivity (Wildman–Crippen MR) is 223 cm³/mol. The average Bonchev–Trinajstić information content (AvgIpc) is 3.94. The maximum Gasteiger partial charge on any atom is 0.258 e. The van der Waals surface area contributed by atoms with Crippen molar-refractivity contribution < 1.29 is 14.0 Å². The van der Waals surface area contributed by atoms with Gasteiger partial charge in [-0.15, -0.1) is 0 Å². The van der Waals surface area contributed by atoms with Gasteiger partial charge in [0, 0.05) is 41.9 Å². The molecule has 0 aliphatic heterocycles. The maximum absolute atomic E-state index is 13.8. The fourth-order valence-corrected chi connectivity index (χ4v) is 6.93. The van der Waals surface area contributed by atoms with Crippen LogP contribution in [-0.2, 0) is 14.1 Å². The van der Waals surface area contributed by atoms with Crippen LogP contribution in [0.15, 0.2) is 126 Å². The van der Waals surface area contributed by atoms with E-state index in [-0.39, 0.29) is 33.9 Å². The molecule has 13 nitrogen and oxygen atoms in total. The Balaban J connectivity index is 1.02. The number of amides is 2.